The molecule has 0 radical (unpaired) electrons. The molecule has 1 rings (SSSR count). The molecule has 1 atom stereocenters. The number of hydrogen-bond donors (Lipinski definition) is 1. The van der Waals surface area contributed by atoms with Crippen LogP contribution in [0.1, 0.15) is 24.2 Å². The van der Waals surface area contributed by atoms with Crippen molar-refractivity contribution in [2.24, 2.45) is 0 Å². The molecule has 0 unspecified atom stereocenters. The third-order valence-corrected chi connectivity index (χ3v) is 2.18. The third-order valence-electron chi connectivity index (χ3n) is 1.89. The zero-order valence-corrected chi connectivity index (χ0v) is 7.88. The molecular formula is C10H13ClO. The zero-order valence-electron chi connectivity index (χ0n) is 7.13. The van der Waals surface area contributed by atoms with Crippen molar-refractivity contribution in [1.82, 2.24) is 0 Å². The summed E-state index contributed by atoms with van der Waals surface area (Å²) in [5.74, 6) is 0.257. The quantitative estimate of drug-likeness (QED) is 0.716. The Bertz CT molecular complexity index is 247. The highest BCUT2D eigenvalue weighted by molar-refractivity contribution is 6.18. The molecule has 0 spiro atoms. The van der Waals surface area contributed by atoms with Gasteiger partial charge in [-0.05, 0) is 17.5 Å². The van der Waals surface area contributed by atoms with Crippen LogP contribution in [0.3, 0.4) is 0 Å². The Hall–Kier alpha value is -0.530. The summed E-state index contributed by atoms with van der Waals surface area (Å²) in [6, 6.07) is 7.88. The molecule has 12 heavy (non-hydrogen) atoms. The van der Waals surface area contributed by atoms with Gasteiger partial charge in [-0.15, -0.1) is 11.6 Å². The van der Waals surface area contributed by atoms with Crippen LogP contribution in [0.25, 0.3) is 0 Å². The molecule has 0 aliphatic rings. The predicted octanol–water partition coefficient (Wildman–Crippen LogP) is 2.52. The van der Waals surface area contributed by atoms with Gasteiger partial charge in [-0.2, -0.15) is 0 Å². The molecule has 0 fully saturated rings. The van der Waals surface area contributed by atoms with Gasteiger partial charge in [0.05, 0.1) is 12.0 Å². The molecule has 0 saturated heterocycles. The van der Waals surface area contributed by atoms with Gasteiger partial charge in [-0.25, -0.2) is 0 Å². The van der Waals surface area contributed by atoms with E-state index in [0.29, 0.717) is 0 Å². The molecule has 0 aromatic heterocycles. The summed E-state index contributed by atoms with van der Waals surface area (Å²) in [5, 5.41) is 9.42. The van der Waals surface area contributed by atoms with Gasteiger partial charge in [-0.1, -0.05) is 31.2 Å². The van der Waals surface area contributed by atoms with Gasteiger partial charge < -0.3 is 5.11 Å². The maximum absolute atomic E-state index is 9.42. The van der Waals surface area contributed by atoms with Crippen LogP contribution >= 0.6 is 11.6 Å². The van der Waals surface area contributed by atoms with E-state index in [2.05, 4.69) is 6.92 Å². The standard InChI is InChI=1S/C10H13ClO/c1-2-8-4-3-5-9(6-8)10(12)7-11/h3-6,10,12H,2,7H2,1H3/t10-/m1/s1. The second kappa shape index (κ2) is 4.48. The van der Waals surface area contributed by atoms with Crippen molar-refractivity contribution < 1.29 is 5.11 Å². The minimum Gasteiger partial charge on any atom is -0.387 e. The Morgan fingerprint density at radius 3 is 2.83 bits per heavy atom. The molecular weight excluding hydrogens is 172 g/mol. The van der Waals surface area contributed by atoms with E-state index in [-0.39, 0.29) is 5.88 Å². The first-order chi connectivity index (χ1) is 5.77. The number of aliphatic hydroxyl groups is 1. The molecule has 0 aliphatic heterocycles. The smallest absolute Gasteiger partial charge is 0.0925 e. The van der Waals surface area contributed by atoms with Crippen molar-refractivity contribution in [3.8, 4) is 0 Å². The average Bonchev–Trinajstić information content (AvgIpc) is 2.17. The van der Waals surface area contributed by atoms with E-state index in [1.807, 2.05) is 24.3 Å². The maximum Gasteiger partial charge on any atom is 0.0925 e. The van der Waals surface area contributed by atoms with Crippen LogP contribution in [0.2, 0.25) is 0 Å². The van der Waals surface area contributed by atoms with Gasteiger partial charge in [0.25, 0.3) is 0 Å². The number of rotatable bonds is 3. The highest BCUT2D eigenvalue weighted by Crippen LogP contribution is 2.15. The van der Waals surface area contributed by atoms with Crippen LogP contribution in [0, 0.1) is 0 Å². The molecule has 1 N–H and O–H groups in total. The minimum absolute atomic E-state index is 0.257. The molecule has 0 amide bonds. The van der Waals surface area contributed by atoms with Crippen LogP contribution in [-0.4, -0.2) is 11.0 Å². The van der Waals surface area contributed by atoms with Gasteiger partial charge in [-0.3, -0.25) is 0 Å². The molecule has 2 heteroatoms. The van der Waals surface area contributed by atoms with Gasteiger partial charge in [0, 0.05) is 0 Å². The van der Waals surface area contributed by atoms with Crippen LogP contribution in [0.4, 0.5) is 0 Å². The maximum atomic E-state index is 9.42. The molecule has 0 saturated carbocycles. The lowest BCUT2D eigenvalue weighted by Gasteiger charge is -2.07. The summed E-state index contributed by atoms with van der Waals surface area (Å²) in [7, 11) is 0. The second-order valence-corrected chi connectivity index (χ2v) is 3.08. The number of benzene rings is 1. The first kappa shape index (κ1) is 9.56. The number of halogens is 1. The lowest BCUT2D eigenvalue weighted by Crippen LogP contribution is -1.98. The van der Waals surface area contributed by atoms with Crippen molar-refractivity contribution in [3.05, 3.63) is 35.4 Å². The van der Waals surface area contributed by atoms with E-state index in [4.69, 9.17) is 11.6 Å². The topological polar surface area (TPSA) is 20.2 Å². The fourth-order valence-electron chi connectivity index (χ4n) is 1.11. The van der Waals surface area contributed by atoms with E-state index in [0.717, 1.165) is 12.0 Å². The molecule has 1 aromatic carbocycles. The number of aryl methyl sites for hydroxylation is 1. The lowest BCUT2D eigenvalue weighted by molar-refractivity contribution is 0.202. The van der Waals surface area contributed by atoms with Crippen LogP contribution < -0.4 is 0 Å². The summed E-state index contributed by atoms with van der Waals surface area (Å²) >= 11 is 5.53. The highest BCUT2D eigenvalue weighted by atomic mass is 35.5. The Balaban J connectivity index is 2.86. The van der Waals surface area contributed by atoms with Gasteiger partial charge in [0.2, 0.25) is 0 Å². The molecule has 0 bridgehead atoms. The van der Waals surface area contributed by atoms with E-state index in [1.165, 1.54) is 5.56 Å². The minimum atomic E-state index is -0.529. The summed E-state index contributed by atoms with van der Waals surface area (Å²) in [5.41, 5.74) is 2.14. The normalized spacial score (nSPS) is 12.9. The summed E-state index contributed by atoms with van der Waals surface area (Å²) in [4.78, 5) is 0. The van der Waals surface area contributed by atoms with Crippen LogP contribution in [0.5, 0.6) is 0 Å². The molecule has 0 aliphatic carbocycles. The average molecular weight is 185 g/mol. The fourth-order valence-corrected chi connectivity index (χ4v) is 1.29. The Morgan fingerprint density at radius 2 is 2.25 bits per heavy atom. The Labute approximate surface area is 78.0 Å². The summed E-state index contributed by atoms with van der Waals surface area (Å²) < 4.78 is 0. The number of alkyl halides is 1. The van der Waals surface area contributed by atoms with Gasteiger partial charge in [0.15, 0.2) is 0 Å². The Morgan fingerprint density at radius 1 is 1.50 bits per heavy atom. The van der Waals surface area contributed by atoms with Crippen molar-refractivity contribution in [1.29, 1.82) is 0 Å². The zero-order chi connectivity index (χ0) is 8.97. The molecule has 0 heterocycles. The van der Waals surface area contributed by atoms with Gasteiger partial charge in [0.1, 0.15) is 0 Å². The summed E-state index contributed by atoms with van der Waals surface area (Å²) in [6.07, 6.45) is 0.459. The second-order valence-electron chi connectivity index (χ2n) is 2.77. The largest absolute Gasteiger partial charge is 0.387 e. The Kier molecular flexibility index (Phi) is 3.57. The third kappa shape index (κ3) is 2.23. The van der Waals surface area contributed by atoms with E-state index in [1.54, 1.807) is 0 Å². The lowest BCUT2D eigenvalue weighted by atomic mass is 10.1. The van der Waals surface area contributed by atoms with E-state index < -0.39 is 6.10 Å². The molecule has 1 nitrogen and oxygen atoms in total. The van der Waals surface area contributed by atoms with E-state index >= 15 is 0 Å². The monoisotopic (exact) mass is 184 g/mol. The molecule has 1 aromatic rings. The van der Waals surface area contributed by atoms with Crippen molar-refractivity contribution >= 4 is 11.6 Å². The fraction of sp³-hybridized carbons (Fsp3) is 0.400. The number of aliphatic hydroxyl groups excluding tert-OH is 1. The van der Waals surface area contributed by atoms with Crippen molar-refractivity contribution in [3.63, 3.8) is 0 Å². The first-order valence-electron chi connectivity index (χ1n) is 4.10. The van der Waals surface area contributed by atoms with E-state index in [9.17, 15) is 5.11 Å². The van der Waals surface area contributed by atoms with Crippen LogP contribution in [0.15, 0.2) is 24.3 Å². The predicted molar refractivity (Wildman–Crippen MR) is 51.5 cm³/mol. The van der Waals surface area contributed by atoms with Crippen LogP contribution in [-0.2, 0) is 6.42 Å². The first-order valence-corrected chi connectivity index (χ1v) is 4.64. The summed E-state index contributed by atoms with van der Waals surface area (Å²) in [6.45, 7) is 2.09. The SMILES string of the molecule is CCc1cccc([C@H](O)CCl)c1. The van der Waals surface area contributed by atoms with Gasteiger partial charge >= 0.3 is 0 Å². The molecule has 66 valence electrons. The highest BCUT2D eigenvalue weighted by Gasteiger charge is 2.04. The van der Waals surface area contributed by atoms with Crippen molar-refractivity contribution in [2.45, 2.75) is 19.4 Å². The van der Waals surface area contributed by atoms with Crippen molar-refractivity contribution in [2.75, 3.05) is 5.88 Å². The number of hydrogen-bond acceptors (Lipinski definition) is 1.